The molecule has 0 spiro atoms. The molecule has 104 valence electrons. The van der Waals surface area contributed by atoms with Crippen LogP contribution in [0, 0.1) is 5.92 Å². The third kappa shape index (κ3) is 3.39. The van der Waals surface area contributed by atoms with Crippen molar-refractivity contribution in [2.45, 2.75) is 31.7 Å². The molecule has 19 heavy (non-hydrogen) atoms. The van der Waals surface area contributed by atoms with Gasteiger partial charge in [-0.25, -0.2) is 0 Å². The van der Waals surface area contributed by atoms with Crippen molar-refractivity contribution in [3.05, 3.63) is 34.3 Å². The molecule has 2 unspecified atom stereocenters. The number of hydrogen-bond donors (Lipinski definition) is 1. The summed E-state index contributed by atoms with van der Waals surface area (Å²) >= 11 is 3.53. The molecule has 1 aromatic carbocycles. The van der Waals surface area contributed by atoms with Crippen molar-refractivity contribution in [2.24, 2.45) is 5.92 Å². The molecule has 0 aliphatic carbocycles. The first-order valence-electron chi connectivity index (χ1n) is 7.53. The Balaban J connectivity index is 1.65. The maximum atomic E-state index is 3.54. The van der Waals surface area contributed by atoms with Gasteiger partial charge < -0.3 is 5.32 Å². The van der Waals surface area contributed by atoms with Gasteiger partial charge in [0.25, 0.3) is 0 Å². The number of halogens is 1. The lowest BCUT2D eigenvalue weighted by atomic mass is 9.97. The molecule has 0 bridgehead atoms. The number of nitrogens with one attached hydrogen (secondary N) is 1. The van der Waals surface area contributed by atoms with Gasteiger partial charge >= 0.3 is 0 Å². The molecular formula is C16H23BrN2. The summed E-state index contributed by atoms with van der Waals surface area (Å²) in [7, 11) is 0. The number of hydrogen-bond acceptors (Lipinski definition) is 2. The quantitative estimate of drug-likeness (QED) is 0.914. The largest absolute Gasteiger partial charge is 0.316 e. The maximum Gasteiger partial charge on any atom is 0.0348 e. The summed E-state index contributed by atoms with van der Waals surface area (Å²) in [4.78, 5) is 2.71. The minimum Gasteiger partial charge on any atom is -0.316 e. The summed E-state index contributed by atoms with van der Waals surface area (Å²) in [5.74, 6) is 0.852. The Morgan fingerprint density at radius 1 is 1.16 bits per heavy atom. The van der Waals surface area contributed by atoms with Crippen LogP contribution in [-0.4, -0.2) is 31.1 Å². The first-order valence-corrected chi connectivity index (χ1v) is 8.32. The Kier molecular flexibility index (Phi) is 4.57. The molecule has 2 atom stereocenters. The van der Waals surface area contributed by atoms with E-state index in [-0.39, 0.29) is 0 Å². The normalized spacial score (nSPS) is 28.7. The average Bonchev–Trinajstić information content (AvgIpc) is 2.89. The first kappa shape index (κ1) is 13.6. The van der Waals surface area contributed by atoms with Crippen LogP contribution in [0.2, 0.25) is 0 Å². The van der Waals surface area contributed by atoms with Crippen LogP contribution in [0.1, 0.15) is 37.3 Å². The molecule has 1 N–H and O–H groups in total. The fourth-order valence-corrected chi connectivity index (χ4v) is 3.78. The Labute approximate surface area is 124 Å². The van der Waals surface area contributed by atoms with Crippen molar-refractivity contribution in [1.29, 1.82) is 0 Å². The molecule has 0 amide bonds. The minimum absolute atomic E-state index is 0.648. The van der Waals surface area contributed by atoms with Crippen LogP contribution in [0.4, 0.5) is 0 Å². The zero-order valence-electron chi connectivity index (χ0n) is 11.4. The highest BCUT2D eigenvalue weighted by atomic mass is 79.9. The van der Waals surface area contributed by atoms with Crippen molar-refractivity contribution in [1.82, 2.24) is 10.2 Å². The van der Waals surface area contributed by atoms with E-state index in [1.807, 2.05) is 0 Å². The SMILES string of the molecule is Brc1ccc(C2CCCN2CC2CCCNC2)cc1. The maximum absolute atomic E-state index is 3.54. The van der Waals surface area contributed by atoms with Gasteiger partial charge in [0.05, 0.1) is 0 Å². The molecule has 1 aromatic rings. The molecule has 2 nitrogen and oxygen atoms in total. The second-order valence-electron chi connectivity index (χ2n) is 5.92. The summed E-state index contributed by atoms with van der Waals surface area (Å²) in [6.45, 7) is 4.97. The summed E-state index contributed by atoms with van der Waals surface area (Å²) in [6, 6.07) is 9.57. The Hall–Kier alpha value is -0.380. The van der Waals surface area contributed by atoms with Crippen molar-refractivity contribution in [3.8, 4) is 0 Å². The lowest BCUT2D eigenvalue weighted by molar-refractivity contribution is 0.195. The van der Waals surface area contributed by atoms with E-state index in [2.05, 4.69) is 50.4 Å². The molecule has 0 saturated carbocycles. The topological polar surface area (TPSA) is 15.3 Å². The molecule has 2 aliphatic rings. The molecule has 3 rings (SSSR count). The number of likely N-dealkylation sites (tertiary alicyclic amines) is 1. The van der Waals surface area contributed by atoms with E-state index >= 15 is 0 Å². The number of rotatable bonds is 3. The summed E-state index contributed by atoms with van der Waals surface area (Å²) in [6.07, 6.45) is 5.42. The van der Waals surface area contributed by atoms with Crippen molar-refractivity contribution in [3.63, 3.8) is 0 Å². The molecule has 2 heterocycles. The second kappa shape index (κ2) is 6.38. The zero-order valence-corrected chi connectivity index (χ0v) is 13.0. The second-order valence-corrected chi connectivity index (χ2v) is 6.83. The van der Waals surface area contributed by atoms with Crippen LogP contribution in [0.3, 0.4) is 0 Å². The average molecular weight is 323 g/mol. The van der Waals surface area contributed by atoms with Crippen LogP contribution in [0.15, 0.2) is 28.7 Å². The molecule has 2 fully saturated rings. The zero-order chi connectivity index (χ0) is 13.1. The van der Waals surface area contributed by atoms with Crippen LogP contribution >= 0.6 is 15.9 Å². The van der Waals surface area contributed by atoms with Gasteiger partial charge in [0, 0.05) is 17.1 Å². The van der Waals surface area contributed by atoms with Crippen molar-refractivity contribution < 1.29 is 0 Å². The predicted molar refractivity (Wildman–Crippen MR) is 83.3 cm³/mol. The summed E-state index contributed by atoms with van der Waals surface area (Å²) in [5, 5.41) is 3.54. The van der Waals surface area contributed by atoms with Gasteiger partial charge in [0.1, 0.15) is 0 Å². The molecule has 3 heteroatoms. The minimum atomic E-state index is 0.648. The monoisotopic (exact) mass is 322 g/mol. The number of nitrogens with zero attached hydrogens (tertiary/aromatic N) is 1. The Morgan fingerprint density at radius 3 is 2.74 bits per heavy atom. The van der Waals surface area contributed by atoms with E-state index in [1.54, 1.807) is 0 Å². The highest BCUT2D eigenvalue weighted by Gasteiger charge is 2.28. The number of piperidine rings is 1. The van der Waals surface area contributed by atoms with Gasteiger partial charge in [-0.15, -0.1) is 0 Å². The summed E-state index contributed by atoms with van der Waals surface area (Å²) in [5.41, 5.74) is 1.49. The highest BCUT2D eigenvalue weighted by Crippen LogP contribution is 2.33. The Morgan fingerprint density at radius 2 is 2.00 bits per heavy atom. The molecular weight excluding hydrogens is 300 g/mol. The van der Waals surface area contributed by atoms with Gasteiger partial charge in [-0.3, -0.25) is 4.90 Å². The highest BCUT2D eigenvalue weighted by molar-refractivity contribution is 9.10. The first-order chi connectivity index (χ1) is 9.33. The Bertz CT molecular complexity index is 398. The van der Waals surface area contributed by atoms with Crippen molar-refractivity contribution in [2.75, 3.05) is 26.2 Å². The van der Waals surface area contributed by atoms with E-state index in [1.165, 1.54) is 61.9 Å². The van der Waals surface area contributed by atoms with Gasteiger partial charge in [-0.1, -0.05) is 28.1 Å². The lowest BCUT2D eigenvalue weighted by Crippen LogP contribution is -2.38. The van der Waals surface area contributed by atoms with Gasteiger partial charge in [0.15, 0.2) is 0 Å². The van der Waals surface area contributed by atoms with Crippen molar-refractivity contribution >= 4 is 15.9 Å². The van der Waals surface area contributed by atoms with Crippen LogP contribution in [-0.2, 0) is 0 Å². The smallest absolute Gasteiger partial charge is 0.0348 e. The van der Waals surface area contributed by atoms with E-state index in [0.29, 0.717) is 6.04 Å². The van der Waals surface area contributed by atoms with Gasteiger partial charge in [-0.2, -0.15) is 0 Å². The van der Waals surface area contributed by atoms with Crippen LogP contribution < -0.4 is 5.32 Å². The molecule has 0 aromatic heterocycles. The van der Waals surface area contributed by atoms with E-state index in [4.69, 9.17) is 0 Å². The summed E-state index contributed by atoms with van der Waals surface area (Å²) < 4.78 is 1.18. The molecule has 2 saturated heterocycles. The fraction of sp³-hybridized carbons (Fsp3) is 0.625. The third-order valence-corrected chi connectivity index (χ3v) is 5.04. The standard InChI is InChI=1S/C16H23BrN2/c17-15-7-5-14(6-8-15)16-4-2-10-19(16)12-13-3-1-9-18-11-13/h5-8,13,16,18H,1-4,9-12H2. The fourth-order valence-electron chi connectivity index (χ4n) is 3.52. The van der Waals surface area contributed by atoms with Crippen LogP contribution in [0.5, 0.6) is 0 Å². The van der Waals surface area contributed by atoms with Crippen LogP contribution in [0.25, 0.3) is 0 Å². The van der Waals surface area contributed by atoms with Gasteiger partial charge in [-0.05, 0) is 68.9 Å². The van der Waals surface area contributed by atoms with E-state index < -0.39 is 0 Å². The molecule has 0 radical (unpaired) electrons. The van der Waals surface area contributed by atoms with E-state index in [0.717, 1.165) is 5.92 Å². The van der Waals surface area contributed by atoms with Gasteiger partial charge in [0.2, 0.25) is 0 Å². The molecule has 2 aliphatic heterocycles. The third-order valence-electron chi connectivity index (χ3n) is 4.51. The number of benzene rings is 1. The van der Waals surface area contributed by atoms with E-state index in [9.17, 15) is 0 Å². The lowest BCUT2D eigenvalue weighted by Gasteiger charge is -2.31. The predicted octanol–water partition coefficient (Wildman–Crippen LogP) is 3.59.